The molecule has 3 N–H and O–H groups in total. The van der Waals surface area contributed by atoms with Gasteiger partial charge in [0.15, 0.2) is 0 Å². The molecule has 2 unspecified atom stereocenters. The lowest BCUT2D eigenvalue weighted by Gasteiger charge is -2.18. The fraction of sp³-hybridized carbons (Fsp3) is 0.500. The van der Waals surface area contributed by atoms with Crippen molar-refractivity contribution in [2.75, 3.05) is 5.32 Å². The number of nitrogens with one attached hydrogen (secondary N) is 1. The third-order valence-electron chi connectivity index (χ3n) is 2.84. The molecule has 0 radical (unpaired) electrons. The second-order valence-corrected chi connectivity index (χ2v) is 4.09. The molecule has 1 aromatic heterocycles. The molecule has 1 heterocycles. The van der Waals surface area contributed by atoms with E-state index in [-0.39, 0.29) is 11.8 Å². The second kappa shape index (κ2) is 5.61. The number of pyridine rings is 1. The highest BCUT2D eigenvalue weighted by Crippen LogP contribution is 2.13. The zero-order chi connectivity index (χ0) is 12.1. The van der Waals surface area contributed by atoms with Crippen LogP contribution in [0.2, 0.25) is 0 Å². The summed E-state index contributed by atoms with van der Waals surface area (Å²) >= 11 is 0. The van der Waals surface area contributed by atoms with E-state index in [2.05, 4.69) is 10.3 Å². The Morgan fingerprint density at radius 3 is 2.88 bits per heavy atom. The predicted molar refractivity (Wildman–Crippen MR) is 65.0 cm³/mol. The number of carbonyl (C=O) groups excluding carboxylic acids is 1. The van der Waals surface area contributed by atoms with Crippen molar-refractivity contribution in [2.45, 2.75) is 33.2 Å². The number of carbonyl (C=O) groups is 1. The van der Waals surface area contributed by atoms with E-state index < -0.39 is 6.04 Å². The molecule has 0 aliphatic carbocycles. The van der Waals surface area contributed by atoms with E-state index in [0.29, 0.717) is 0 Å². The van der Waals surface area contributed by atoms with Gasteiger partial charge in [-0.05, 0) is 24.5 Å². The lowest BCUT2D eigenvalue weighted by molar-refractivity contribution is -0.118. The third kappa shape index (κ3) is 3.03. The maximum atomic E-state index is 11.8. The molecule has 4 nitrogen and oxygen atoms in total. The van der Waals surface area contributed by atoms with Crippen LogP contribution in [-0.4, -0.2) is 16.9 Å². The van der Waals surface area contributed by atoms with Crippen LogP contribution in [-0.2, 0) is 4.79 Å². The first-order valence-corrected chi connectivity index (χ1v) is 5.53. The summed E-state index contributed by atoms with van der Waals surface area (Å²) in [4.78, 5) is 15.8. The lowest BCUT2D eigenvalue weighted by Crippen LogP contribution is -2.40. The van der Waals surface area contributed by atoms with Gasteiger partial charge in [-0.1, -0.05) is 20.3 Å². The molecule has 0 aromatic carbocycles. The molecule has 16 heavy (non-hydrogen) atoms. The first-order valence-electron chi connectivity index (χ1n) is 5.53. The summed E-state index contributed by atoms with van der Waals surface area (Å²) in [6.45, 7) is 5.90. The number of nitrogens with zero attached hydrogens (tertiary/aromatic N) is 1. The Kier molecular flexibility index (Phi) is 4.43. The summed E-state index contributed by atoms with van der Waals surface area (Å²) in [6.07, 6.45) is 4.26. The molecular formula is C12H19N3O. The highest BCUT2D eigenvalue weighted by atomic mass is 16.2. The van der Waals surface area contributed by atoms with Crippen LogP contribution in [0.15, 0.2) is 18.5 Å². The monoisotopic (exact) mass is 221 g/mol. The zero-order valence-electron chi connectivity index (χ0n) is 10.0. The van der Waals surface area contributed by atoms with E-state index >= 15 is 0 Å². The summed E-state index contributed by atoms with van der Waals surface area (Å²) in [6, 6.07) is 1.31. The quantitative estimate of drug-likeness (QED) is 0.813. The van der Waals surface area contributed by atoms with Gasteiger partial charge in [-0.3, -0.25) is 9.78 Å². The number of hydrogen-bond donors (Lipinski definition) is 2. The minimum atomic E-state index is -0.461. The van der Waals surface area contributed by atoms with E-state index in [4.69, 9.17) is 5.73 Å². The molecule has 0 fully saturated rings. The predicted octanol–water partition coefficient (Wildman–Crippen LogP) is 1.70. The summed E-state index contributed by atoms with van der Waals surface area (Å²) in [7, 11) is 0. The third-order valence-corrected chi connectivity index (χ3v) is 2.84. The summed E-state index contributed by atoms with van der Waals surface area (Å²) < 4.78 is 0. The van der Waals surface area contributed by atoms with Gasteiger partial charge in [-0.2, -0.15) is 0 Å². The van der Waals surface area contributed by atoms with Gasteiger partial charge in [-0.25, -0.2) is 0 Å². The molecule has 0 bridgehead atoms. The Morgan fingerprint density at radius 1 is 1.62 bits per heavy atom. The first-order chi connectivity index (χ1) is 7.56. The molecule has 1 rings (SSSR count). The SMILES string of the molecule is CCC(C)C(N)C(=O)Nc1ccncc1C. The van der Waals surface area contributed by atoms with Crippen LogP contribution >= 0.6 is 0 Å². The summed E-state index contributed by atoms with van der Waals surface area (Å²) in [5.74, 6) is 0.0470. The van der Waals surface area contributed by atoms with E-state index in [1.54, 1.807) is 18.5 Å². The van der Waals surface area contributed by atoms with Crippen molar-refractivity contribution in [1.29, 1.82) is 0 Å². The average molecular weight is 221 g/mol. The van der Waals surface area contributed by atoms with E-state index in [9.17, 15) is 4.79 Å². The van der Waals surface area contributed by atoms with Crippen molar-refractivity contribution in [3.8, 4) is 0 Å². The molecule has 0 spiro atoms. The van der Waals surface area contributed by atoms with Gasteiger partial charge >= 0.3 is 0 Å². The molecular weight excluding hydrogens is 202 g/mol. The van der Waals surface area contributed by atoms with Crippen LogP contribution in [0.3, 0.4) is 0 Å². The van der Waals surface area contributed by atoms with Gasteiger partial charge in [0, 0.05) is 18.1 Å². The number of anilines is 1. The topological polar surface area (TPSA) is 68.0 Å². The van der Waals surface area contributed by atoms with Gasteiger partial charge in [0.1, 0.15) is 0 Å². The van der Waals surface area contributed by atoms with Gasteiger partial charge in [0.2, 0.25) is 5.91 Å². The van der Waals surface area contributed by atoms with Crippen LogP contribution in [0.4, 0.5) is 5.69 Å². The van der Waals surface area contributed by atoms with E-state index in [0.717, 1.165) is 17.7 Å². The normalized spacial score (nSPS) is 14.2. The summed E-state index contributed by atoms with van der Waals surface area (Å²) in [5, 5.41) is 2.82. The maximum Gasteiger partial charge on any atom is 0.241 e. The van der Waals surface area contributed by atoms with Crippen molar-refractivity contribution >= 4 is 11.6 Å². The number of nitrogens with two attached hydrogens (primary N) is 1. The zero-order valence-corrected chi connectivity index (χ0v) is 10.0. The van der Waals surface area contributed by atoms with Crippen molar-refractivity contribution < 1.29 is 4.79 Å². The molecule has 0 aliphatic heterocycles. The number of rotatable bonds is 4. The molecule has 88 valence electrons. The van der Waals surface area contributed by atoms with Crippen molar-refractivity contribution in [2.24, 2.45) is 11.7 Å². The Labute approximate surface area is 96.3 Å². The van der Waals surface area contributed by atoms with Crippen LogP contribution in [0.25, 0.3) is 0 Å². The Hall–Kier alpha value is -1.42. The molecule has 1 amide bonds. The van der Waals surface area contributed by atoms with Crippen LogP contribution < -0.4 is 11.1 Å². The molecule has 0 aliphatic rings. The van der Waals surface area contributed by atoms with Gasteiger partial charge in [0.25, 0.3) is 0 Å². The number of amides is 1. The van der Waals surface area contributed by atoms with Gasteiger partial charge < -0.3 is 11.1 Å². The van der Waals surface area contributed by atoms with Crippen LogP contribution in [0.1, 0.15) is 25.8 Å². The highest BCUT2D eigenvalue weighted by Gasteiger charge is 2.19. The average Bonchev–Trinajstić information content (AvgIpc) is 2.30. The van der Waals surface area contributed by atoms with Crippen LogP contribution in [0, 0.1) is 12.8 Å². The fourth-order valence-electron chi connectivity index (χ4n) is 1.34. The van der Waals surface area contributed by atoms with Crippen molar-refractivity contribution in [3.05, 3.63) is 24.0 Å². The molecule has 0 saturated heterocycles. The number of aromatic nitrogens is 1. The molecule has 1 aromatic rings. The first kappa shape index (κ1) is 12.6. The molecule has 2 atom stereocenters. The molecule has 0 saturated carbocycles. The van der Waals surface area contributed by atoms with Gasteiger partial charge in [0.05, 0.1) is 6.04 Å². The standard InChI is InChI=1S/C12H19N3O/c1-4-8(2)11(13)12(16)15-10-5-6-14-7-9(10)3/h5-8,11H,4,13H2,1-3H3,(H,14,15,16). The number of aryl methyl sites for hydroxylation is 1. The van der Waals surface area contributed by atoms with Crippen molar-refractivity contribution in [3.63, 3.8) is 0 Å². The van der Waals surface area contributed by atoms with Crippen LogP contribution in [0.5, 0.6) is 0 Å². The minimum absolute atomic E-state index is 0.136. The number of hydrogen-bond acceptors (Lipinski definition) is 3. The highest BCUT2D eigenvalue weighted by molar-refractivity contribution is 5.95. The lowest BCUT2D eigenvalue weighted by atomic mass is 9.99. The summed E-state index contributed by atoms with van der Waals surface area (Å²) in [5.41, 5.74) is 7.56. The second-order valence-electron chi connectivity index (χ2n) is 4.09. The van der Waals surface area contributed by atoms with E-state index in [1.807, 2.05) is 20.8 Å². The Balaban J connectivity index is 2.68. The maximum absolute atomic E-state index is 11.8. The van der Waals surface area contributed by atoms with Crippen molar-refractivity contribution in [1.82, 2.24) is 4.98 Å². The Bertz CT molecular complexity index is 365. The molecule has 4 heteroatoms. The Morgan fingerprint density at radius 2 is 2.31 bits per heavy atom. The smallest absolute Gasteiger partial charge is 0.241 e. The minimum Gasteiger partial charge on any atom is -0.324 e. The van der Waals surface area contributed by atoms with Gasteiger partial charge in [-0.15, -0.1) is 0 Å². The van der Waals surface area contributed by atoms with E-state index in [1.165, 1.54) is 0 Å². The fourth-order valence-corrected chi connectivity index (χ4v) is 1.34. The largest absolute Gasteiger partial charge is 0.324 e.